The van der Waals surface area contributed by atoms with E-state index in [4.69, 9.17) is 4.52 Å². The van der Waals surface area contributed by atoms with Crippen LogP contribution >= 0.6 is 0 Å². The molecular formula is C18H19FN4O3. The minimum atomic E-state index is -0.378. The molecule has 2 aromatic rings. The van der Waals surface area contributed by atoms with Crippen LogP contribution in [-0.2, 0) is 4.79 Å². The molecule has 2 aliphatic heterocycles. The Kier molecular flexibility index (Phi) is 3.99. The first-order valence-electron chi connectivity index (χ1n) is 8.46. The molecule has 2 fully saturated rings. The van der Waals surface area contributed by atoms with Crippen LogP contribution in [0.25, 0.3) is 0 Å². The first-order chi connectivity index (χ1) is 12.5. The number of nitrogens with zero attached hydrogens (tertiary/aromatic N) is 4. The molecule has 7 nitrogen and oxygen atoms in total. The van der Waals surface area contributed by atoms with E-state index in [-0.39, 0.29) is 35.5 Å². The Morgan fingerprint density at radius 2 is 2.15 bits per heavy atom. The predicted molar refractivity (Wildman–Crippen MR) is 91.1 cm³/mol. The number of aromatic nitrogens is 1. The molecule has 3 heterocycles. The summed E-state index contributed by atoms with van der Waals surface area (Å²) in [6, 6.07) is 7.58. The number of anilines is 1. The Balaban J connectivity index is 1.57. The van der Waals surface area contributed by atoms with E-state index < -0.39 is 0 Å². The third-order valence-electron chi connectivity index (χ3n) is 5.32. The molecule has 0 aliphatic carbocycles. The third-order valence-corrected chi connectivity index (χ3v) is 5.32. The topological polar surface area (TPSA) is 69.9 Å². The molecule has 2 aliphatic rings. The Morgan fingerprint density at radius 3 is 2.88 bits per heavy atom. The molecule has 4 rings (SSSR count). The maximum Gasteiger partial charge on any atom is 0.292 e. The van der Waals surface area contributed by atoms with Crippen molar-refractivity contribution in [1.29, 1.82) is 0 Å². The van der Waals surface area contributed by atoms with Gasteiger partial charge in [-0.2, -0.15) is 0 Å². The van der Waals surface area contributed by atoms with Gasteiger partial charge in [0.25, 0.3) is 5.91 Å². The van der Waals surface area contributed by atoms with Crippen molar-refractivity contribution in [3.05, 3.63) is 48.1 Å². The number of piperazine rings is 1. The molecule has 26 heavy (non-hydrogen) atoms. The van der Waals surface area contributed by atoms with Gasteiger partial charge in [0, 0.05) is 31.4 Å². The van der Waals surface area contributed by atoms with Crippen LogP contribution in [0.3, 0.4) is 0 Å². The lowest BCUT2D eigenvalue weighted by atomic mass is 9.92. The average Bonchev–Trinajstić information content (AvgIpc) is 3.29. The van der Waals surface area contributed by atoms with E-state index in [2.05, 4.69) is 5.16 Å². The van der Waals surface area contributed by atoms with Gasteiger partial charge in [-0.1, -0.05) is 11.2 Å². The molecule has 0 N–H and O–H groups in total. The number of likely N-dealkylation sites (tertiary alicyclic amines) is 1. The lowest BCUT2D eigenvalue weighted by molar-refractivity contribution is -0.123. The van der Waals surface area contributed by atoms with E-state index in [1.54, 1.807) is 28.0 Å². The zero-order valence-electron chi connectivity index (χ0n) is 14.4. The lowest BCUT2D eigenvalue weighted by Crippen LogP contribution is -2.64. The highest BCUT2D eigenvalue weighted by Crippen LogP contribution is 2.34. The van der Waals surface area contributed by atoms with Crippen LogP contribution in [0.5, 0.6) is 0 Å². The van der Waals surface area contributed by atoms with E-state index in [1.165, 1.54) is 18.3 Å². The maximum atomic E-state index is 13.6. The number of rotatable bonds is 2. The van der Waals surface area contributed by atoms with Crippen molar-refractivity contribution in [2.75, 3.05) is 38.1 Å². The summed E-state index contributed by atoms with van der Waals surface area (Å²) in [5.41, 5.74) is 0.179. The Morgan fingerprint density at radius 1 is 1.31 bits per heavy atom. The Bertz CT molecular complexity index is 841. The van der Waals surface area contributed by atoms with E-state index in [0.29, 0.717) is 25.3 Å². The van der Waals surface area contributed by atoms with Gasteiger partial charge in [-0.15, -0.1) is 0 Å². The molecule has 1 unspecified atom stereocenters. The molecule has 1 atom stereocenters. The quantitative estimate of drug-likeness (QED) is 0.811. The lowest BCUT2D eigenvalue weighted by Gasteiger charge is -2.46. The first kappa shape index (κ1) is 16.7. The van der Waals surface area contributed by atoms with Crippen molar-refractivity contribution in [2.45, 2.75) is 12.0 Å². The monoisotopic (exact) mass is 358 g/mol. The first-order valence-corrected chi connectivity index (χ1v) is 8.46. The Labute approximate surface area is 149 Å². The molecule has 0 bridgehead atoms. The van der Waals surface area contributed by atoms with Crippen molar-refractivity contribution in [2.24, 2.45) is 0 Å². The second-order valence-electron chi connectivity index (χ2n) is 6.89. The minimum absolute atomic E-state index is 0.0799. The second-order valence-corrected chi connectivity index (χ2v) is 6.89. The minimum Gasteiger partial charge on any atom is -0.351 e. The summed E-state index contributed by atoms with van der Waals surface area (Å²) >= 11 is 0. The smallest absolute Gasteiger partial charge is 0.292 e. The van der Waals surface area contributed by atoms with Gasteiger partial charge in [-0.3, -0.25) is 14.5 Å². The fraction of sp³-hybridized carbons (Fsp3) is 0.389. The second kappa shape index (κ2) is 6.21. The molecule has 136 valence electrons. The number of halogens is 1. The Hall–Kier alpha value is -2.74. The van der Waals surface area contributed by atoms with Crippen LogP contribution in [0.1, 0.15) is 17.0 Å². The fourth-order valence-corrected chi connectivity index (χ4v) is 3.79. The van der Waals surface area contributed by atoms with E-state index in [0.717, 1.165) is 6.42 Å². The van der Waals surface area contributed by atoms with Crippen molar-refractivity contribution in [3.8, 4) is 0 Å². The molecule has 8 heteroatoms. The van der Waals surface area contributed by atoms with Crippen molar-refractivity contribution < 1.29 is 18.5 Å². The highest BCUT2D eigenvalue weighted by Gasteiger charge is 2.49. The van der Waals surface area contributed by atoms with Gasteiger partial charge in [0.1, 0.15) is 5.82 Å². The fourth-order valence-electron chi connectivity index (χ4n) is 3.79. The molecular weight excluding hydrogens is 339 g/mol. The van der Waals surface area contributed by atoms with Crippen LogP contribution in [-0.4, -0.2) is 65.5 Å². The molecule has 1 aromatic heterocycles. The summed E-state index contributed by atoms with van der Waals surface area (Å²) < 4.78 is 18.6. The highest BCUT2D eigenvalue weighted by atomic mass is 19.1. The van der Waals surface area contributed by atoms with Gasteiger partial charge >= 0.3 is 0 Å². The zero-order chi connectivity index (χ0) is 18.3. The van der Waals surface area contributed by atoms with Gasteiger partial charge in [-0.05, 0) is 31.7 Å². The van der Waals surface area contributed by atoms with Gasteiger partial charge in [-0.25, -0.2) is 4.39 Å². The van der Waals surface area contributed by atoms with Crippen molar-refractivity contribution >= 4 is 17.5 Å². The molecule has 1 spiro atoms. The number of carbonyl (C=O) groups is 2. The number of carbonyl (C=O) groups excluding carboxylic acids is 2. The summed E-state index contributed by atoms with van der Waals surface area (Å²) in [7, 11) is 1.89. The number of hydrogen-bond acceptors (Lipinski definition) is 5. The predicted octanol–water partition coefficient (Wildman–Crippen LogP) is 1.38. The van der Waals surface area contributed by atoms with Crippen LogP contribution in [0.2, 0.25) is 0 Å². The van der Waals surface area contributed by atoms with E-state index in [1.807, 2.05) is 11.9 Å². The zero-order valence-corrected chi connectivity index (χ0v) is 14.4. The van der Waals surface area contributed by atoms with E-state index in [9.17, 15) is 14.0 Å². The van der Waals surface area contributed by atoms with Crippen LogP contribution in [0.15, 0.2) is 41.1 Å². The average molecular weight is 358 g/mol. The van der Waals surface area contributed by atoms with Crippen molar-refractivity contribution in [1.82, 2.24) is 15.0 Å². The number of hydrogen-bond donors (Lipinski definition) is 0. The molecule has 1 aromatic carbocycles. The standard InChI is InChI=1S/C18H19FN4O3/c1-21-10-16(24)23(14-4-2-3-13(19)9-14)12-18(21)6-8-22(11-18)17(25)15-5-7-20-26-15/h2-5,7,9H,6,8,10-12H2,1H3. The summed E-state index contributed by atoms with van der Waals surface area (Å²) in [5.74, 6) is -0.457. The number of benzene rings is 1. The van der Waals surface area contributed by atoms with Gasteiger partial charge in [0.05, 0.1) is 18.3 Å². The summed E-state index contributed by atoms with van der Waals surface area (Å²) in [6.07, 6.45) is 2.17. The van der Waals surface area contributed by atoms with Crippen LogP contribution in [0, 0.1) is 5.82 Å². The van der Waals surface area contributed by atoms with E-state index >= 15 is 0 Å². The third kappa shape index (κ3) is 2.76. The molecule has 0 saturated carbocycles. The van der Waals surface area contributed by atoms with Gasteiger partial charge < -0.3 is 14.3 Å². The molecule has 2 saturated heterocycles. The number of likely N-dealkylation sites (N-methyl/N-ethyl adjacent to an activating group) is 1. The van der Waals surface area contributed by atoms with Crippen LogP contribution < -0.4 is 4.90 Å². The van der Waals surface area contributed by atoms with Gasteiger partial charge in [0.2, 0.25) is 11.7 Å². The normalized spacial score (nSPS) is 23.8. The summed E-state index contributed by atoms with van der Waals surface area (Å²) in [4.78, 5) is 30.4. The summed E-state index contributed by atoms with van der Waals surface area (Å²) in [6.45, 7) is 1.67. The highest BCUT2D eigenvalue weighted by molar-refractivity contribution is 5.96. The largest absolute Gasteiger partial charge is 0.351 e. The van der Waals surface area contributed by atoms with Crippen LogP contribution in [0.4, 0.5) is 10.1 Å². The maximum absolute atomic E-state index is 13.6. The summed E-state index contributed by atoms with van der Waals surface area (Å²) in [5, 5.41) is 3.58. The SMILES string of the molecule is CN1CC(=O)N(c2cccc(F)c2)CC12CCN(C(=O)c1ccno1)C2. The van der Waals surface area contributed by atoms with Gasteiger partial charge in [0.15, 0.2) is 0 Å². The van der Waals surface area contributed by atoms with Crippen molar-refractivity contribution in [3.63, 3.8) is 0 Å². The number of amides is 2. The molecule has 2 amide bonds. The molecule has 0 radical (unpaired) electrons.